The third kappa shape index (κ3) is 11.3. The van der Waals surface area contributed by atoms with Crippen molar-refractivity contribution in [1.82, 2.24) is 40.4 Å². The van der Waals surface area contributed by atoms with Crippen LogP contribution in [0.25, 0.3) is 11.0 Å². The first-order chi connectivity index (χ1) is 29.2. The number of aromatic nitrogens is 4. The van der Waals surface area contributed by atoms with Gasteiger partial charge in [0.1, 0.15) is 11.5 Å². The lowest BCUT2D eigenvalue weighted by atomic mass is 10.0. The standard InChI is InChI=1S/C42H60N10O7S/c1-28-32-26-45-41(49-39(32)52(30-7-3-4-8-30)40(55)37(28)29(2)53)47-35-12-11-31(25-44-35)51-16-14-50(15-17-51)18-20-58-22-24-59-23-21-57-19-13-43-36(54)10-6-5-9-34-38-33(27-60-34)46-42(56)48-38/h11-12,25-26,30,33-34,38H,3-10,13-24,27H2,1-2H3,(H,43,54)(H2,46,48,56)(H,44,45,47,49). The molecule has 60 heavy (non-hydrogen) atoms. The summed E-state index contributed by atoms with van der Waals surface area (Å²) < 4.78 is 18.7. The van der Waals surface area contributed by atoms with Crippen molar-refractivity contribution < 1.29 is 28.6 Å². The van der Waals surface area contributed by atoms with E-state index in [1.165, 1.54) is 6.92 Å². The Hall–Kier alpha value is -4.36. The fourth-order valence-corrected chi connectivity index (χ4v) is 10.2. The quantitative estimate of drug-likeness (QED) is 0.0652. The van der Waals surface area contributed by atoms with Gasteiger partial charge in [0.25, 0.3) is 5.56 Å². The number of rotatable bonds is 22. The van der Waals surface area contributed by atoms with Crippen molar-refractivity contribution in [3.8, 4) is 0 Å². The summed E-state index contributed by atoms with van der Waals surface area (Å²) in [7, 11) is 0. The largest absolute Gasteiger partial charge is 0.378 e. The van der Waals surface area contributed by atoms with Gasteiger partial charge in [-0.3, -0.25) is 23.9 Å². The van der Waals surface area contributed by atoms with E-state index < -0.39 is 0 Å². The predicted molar refractivity (Wildman–Crippen MR) is 232 cm³/mol. The van der Waals surface area contributed by atoms with E-state index in [2.05, 4.69) is 41.0 Å². The number of piperazine rings is 1. The molecule has 0 bridgehead atoms. The average Bonchev–Trinajstić information content (AvgIpc) is 3.99. The Kier molecular flexibility index (Phi) is 15.6. The van der Waals surface area contributed by atoms with Crippen molar-refractivity contribution in [2.24, 2.45) is 0 Å². The molecule has 6 heterocycles. The van der Waals surface area contributed by atoms with E-state index in [1.807, 2.05) is 30.1 Å². The second-order valence-electron chi connectivity index (χ2n) is 16.0. The molecule has 3 amide bonds. The first-order valence-electron chi connectivity index (χ1n) is 21.6. The molecule has 1 aliphatic carbocycles. The molecule has 7 rings (SSSR count). The average molecular weight is 849 g/mol. The van der Waals surface area contributed by atoms with Gasteiger partial charge in [-0.2, -0.15) is 16.7 Å². The third-order valence-electron chi connectivity index (χ3n) is 11.9. The lowest BCUT2D eigenvalue weighted by Crippen LogP contribution is -2.47. The molecule has 1 saturated carbocycles. The van der Waals surface area contributed by atoms with Gasteiger partial charge in [0.05, 0.1) is 69.2 Å². The van der Waals surface area contributed by atoms with Gasteiger partial charge in [-0.25, -0.2) is 14.8 Å². The molecular weight excluding hydrogens is 789 g/mol. The van der Waals surface area contributed by atoms with Gasteiger partial charge >= 0.3 is 6.03 Å². The molecule has 0 radical (unpaired) electrons. The van der Waals surface area contributed by atoms with E-state index in [4.69, 9.17) is 19.2 Å². The molecule has 3 unspecified atom stereocenters. The van der Waals surface area contributed by atoms with Crippen LogP contribution in [0.15, 0.2) is 29.3 Å². The van der Waals surface area contributed by atoms with E-state index in [0.29, 0.717) is 86.2 Å². The van der Waals surface area contributed by atoms with Gasteiger partial charge in [0, 0.05) is 74.3 Å². The molecule has 17 nitrogen and oxygen atoms in total. The highest BCUT2D eigenvalue weighted by molar-refractivity contribution is 8.00. The number of ketones is 1. The van der Waals surface area contributed by atoms with Crippen molar-refractivity contribution in [2.75, 3.05) is 94.9 Å². The van der Waals surface area contributed by atoms with Crippen LogP contribution in [0.1, 0.15) is 80.3 Å². The van der Waals surface area contributed by atoms with Crippen LogP contribution in [0, 0.1) is 6.92 Å². The monoisotopic (exact) mass is 848 g/mol. The normalized spacial score (nSPS) is 20.7. The van der Waals surface area contributed by atoms with Crippen LogP contribution in [0.5, 0.6) is 0 Å². The number of nitrogens with zero attached hydrogens (tertiary/aromatic N) is 6. The number of hydrogen-bond donors (Lipinski definition) is 4. The number of Topliss-reactive ketones (excluding diaryl/α,β-unsaturated/α-hetero) is 1. The zero-order valence-electron chi connectivity index (χ0n) is 34.9. The van der Waals surface area contributed by atoms with Crippen LogP contribution in [0.2, 0.25) is 0 Å². The first kappa shape index (κ1) is 43.7. The van der Waals surface area contributed by atoms with E-state index in [9.17, 15) is 19.2 Å². The molecule has 3 aliphatic heterocycles. The molecule has 3 atom stereocenters. The second-order valence-corrected chi connectivity index (χ2v) is 17.3. The Balaban J connectivity index is 0.713. The minimum Gasteiger partial charge on any atom is -0.378 e. The Morgan fingerprint density at radius 3 is 2.40 bits per heavy atom. The van der Waals surface area contributed by atoms with Crippen molar-refractivity contribution in [2.45, 2.75) is 88.6 Å². The smallest absolute Gasteiger partial charge is 0.315 e. The van der Waals surface area contributed by atoms with Gasteiger partial charge in [0.15, 0.2) is 5.78 Å². The molecule has 3 saturated heterocycles. The van der Waals surface area contributed by atoms with Crippen molar-refractivity contribution >= 4 is 58.0 Å². The SMILES string of the molecule is CC(=O)c1c(C)c2cnc(Nc3ccc(N4CCN(CCOCCOCCOCCNC(=O)CCCCC5SCC6NC(=O)NC65)CC4)cn3)nc2n(C2CCCC2)c1=O. The van der Waals surface area contributed by atoms with Crippen molar-refractivity contribution in [1.29, 1.82) is 0 Å². The molecule has 4 aliphatic rings. The number of anilines is 3. The number of hydrogen-bond acceptors (Lipinski definition) is 14. The summed E-state index contributed by atoms with van der Waals surface area (Å²) in [5.74, 6) is 1.72. The van der Waals surface area contributed by atoms with Crippen LogP contribution < -0.4 is 31.7 Å². The topological polar surface area (TPSA) is 194 Å². The van der Waals surface area contributed by atoms with E-state index in [-0.39, 0.29) is 47.0 Å². The van der Waals surface area contributed by atoms with Gasteiger partial charge in [-0.05, 0) is 57.2 Å². The number of nitrogens with one attached hydrogen (secondary N) is 4. The maximum atomic E-state index is 13.5. The molecule has 18 heteroatoms. The summed E-state index contributed by atoms with van der Waals surface area (Å²) in [5, 5.41) is 13.2. The molecule has 326 valence electrons. The summed E-state index contributed by atoms with van der Waals surface area (Å²) >= 11 is 1.90. The number of ether oxygens (including phenoxy) is 3. The zero-order valence-corrected chi connectivity index (χ0v) is 35.7. The number of fused-ring (bicyclic) bond motifs is 2. The maximum absolute atomic E-state index is 13.5. The van der Waals surface area contributed by atoms with Crippen LogP contribution in [0.4, 0.5) is 22.2 Å². The Labute approximate surface area is 355 Å². The molecule has 4 fully saturated rings. The lowest BCUT2D eigenvalue weighted by molar-refractivity contribution is -0.121. The molecule has 0 aromatic carbocycles. The molecule has 3 aromatic rings. The van der Waals surface area contributed by atoms with Gasteiger partial charge in [-0.1, -0.05) is 19.3 Å². The summed E-state index contributed by atoms with van der Waals surface area (Å²) in [5.41, 5.74) is 2.17. The zero-order chi connectivity index (χ0) is 41.8. The molecule has 3 aromatic heterocycles. The van der Waals surface area contributed by atoms with E-state index >= 15 is 0 Å². The summed E-state index contributed by atoms with van der Waals surface area (Å²) in [6.07, 6.45) is 10.8. The number of pyridine rings is 2. The number of urea groups is 1. The third-order valence-corrected chi connectivity index (χ3v) is 13.4. The molecule has 4 N–H and O–H groups in total. The Morgan fingerprint density at radius 2 is 1.67 bits per heavy atom. The number of carbonyl (C=O) groups is 3. The lowest BCUT2D eigenvalue weighted by Gasteiger charge is -2.35. The number of thioether (sulfide) groups is 1. The van der Waals surface area contributed by atoms with E-state index in [0.717, 1.165) is 89.1 Å². The number of carbonyl (C=O) groups excluding carboxylic acids is 3. The number of aryl methyl sites for hydroxylation is 1. The second kappa shape index (κ2) is 21.4. The van der Waals surface area contributed by atoms with Crippen LogP contribution in [-0.2, 0) is 19.0 Å². The first-order valence-corrected chi connectivity index (χ1v) is 22.6. The summed E-state index contributed by atoms with van der Waals surface area (Å²) in [4.78, 5) is 68.3. The van der Waals surface area contributed by atoms with Gasteiger partial charge in [0.2, 0.25) is 11.9 Å². The Bertz CT molecular complexity index is 1990. The fraction of sp³-hybridized carbons (Fsp3) is 0.643. The Morgan fingerprint density at radius 1 is 0.917 bits per heavy atom. The van der Waals surface area contributed by atoms with Crippen LogP contribution >= 0.6 is 11.8 Å². The fourth-order valence-electron chi connectivity index (χ4n) is 8.66. The van der Waals surface area contributed by atoms with Crippen LogP contribution in [0.3, 0.4) is 0 Å². The van der Waals surface area contributed by atoms with Gasteiger partial charge in [-0.15, -0.1) is 0 Å². The molecule has 0 spiro atoms. The van der Waals surface area contributed by atoms with Gasteiger partial charge < -0.3 is 40.4 Å². The highest BCUT2D eigenvalue weighted by Crippen LogP contribution is 2.34. The highest BCUT2D eigenvalue weighted by atomic mass is 32.2. The molecular formula is C42H60N10O7S. The summed E-state index contributed by atoms with van der Waals surface area (Å²) in [6, 6.07) is 4.38. The van der Waals surface area contributed by atoms with Crippen molar-refractivity contribution in [3.05, 3.63) is 46.0 Å². The minimum atomic E-state index is -0.268. The predicted octanol–water partition coefficient (Wildman–Crippen LogP) is 3.57. The van der Waals surface area contributed by atoms with Crippen LogP contribution in [-0.4, -0.2) is 144 Å². The van der Waals surface area contributed by atoms with Crippen molar-refractivity contribution in [3.63, 3.8) is 0 Å². The number of unbranched alkanes of at least 4 members (excludes halogenated alkanes) is 1. The highest BCUT2D eigenvalue weighted by Gasteiger charge is 2.42. The van der Waals surface area contributed by atoms with E-state index in [1.54, 1.807) is 17.7 Å². The minimum absolute atomic E-state index is 0.0181. The summed E-state index contributed by atoms with van der Waals surface area (Å²) in [6.45, 7) is 11.3. The maximum Gasteiger partial charge on any atom is 0.315 e. The number of amides is 3.